The van der Waals surface area contributed by atoms with Crippen LogP contribution in [0.25, 0.3) is 0 Å². The number of hydrogen-bond donors (Lipinski definition) is 1. The van der Waals surface area contributed by atoms with Crippen LogP contribution in [0.3, 0.4) is 0 Å². The van der Waals surface area contributed by atoms with E-state index in [1.165, 1.54) is 19.3 Å². The van der Waals surface area contributed by atoms with Crippen LogP contribution < -0.4 is 10.4 Å². The lowest BCUT2D eigenvalue weighted by molar-refractivity contribution is 0.112. The van der Waals surface area contributed by atoms with Crippen LogP contribution in [0.2, 0.25) is 0 Å². The van der Waals surface area contributed by atoms with Gasteiger partial charge in [-0.2, -0.15) is 0 Å². The Labute approximate surface area is 110 Å². The van der Waals surface area contributed by atoms with E-state index in [-0.39, 0.29) is 0 Å². The second-order valence-electron chi connectivity index (χ2n) is 4.48. The van der Waals surface area contributed by atoms with Crippen LogP contribution in [0, 0.1) is 0 Å². The number of rotatable bonds is 9. The molecule has 0 unspecified atom stereocenters. The average Bonchev–Trinajstić information content (AvgIpc) is 2.43. The minimum Gasteiger partial charge on any atom is -0.308 e. The average molecular weight is 248 g/mol. The van der Waals surface area contributed by atoms with Crippen molar-refractivity contribution >= 4 is 12.0 Å². The molecule has 1 N–H and O–H groups in total. The number of unbranched alkanes of at least 4 members (excludes halogenated alkanes) is 2. The Morgan fingerprint density at radius 1 is 1.11 bits per heavy atom. The molecule has 100 valence electrons. The molecule has 0 fully saturated rings. The van der Waals surface area contributed by atoms with E-state index >= 15 is 0 Å². The summed E-state index contributed by atoms with van der Waals surface area (Å²) in [5.41, 5.74) is 5.31. The Balaban J connectivity index is 2.63. The molecule has 1 aromatic rings. The molecule has 3 nitrogen and oxygen atoms in total. The van der Waals surface area contributed by atoms with Gasteiger partial charge in [0.1, 0.15) is 6.29 Å². The maximum atomic E-state index is 10.6. The van der Waals surface area contributed by atoms with Crippen LogP contribution in [-0.4, -0.2) is 19.4 Å². The van der Waals surface area contributed by atoms with Gasteiger partial charge in [-0.25, -0.2) is 5.43 Å². The van der Waals surface area contributed by atoms with E-state index in [0.29, 0.717) is 0 Å². The van der Waals surface area contributed by atoms with E-state index < -0.39 is 0 Å². The standard InChI is InChI=1S/C15H24N2O/c1-3-5-11-16-17(12-6-4-2)15-9-7-14(13-18)8-10-15/h7-10,13,16H,3-6,11-12H2,1-2H3. The SMILES string of the molecule is CCCCNN(CCCC)c1ccc(C=O)cc1. The van der Waals surface area contributed by atoms with E-state index in [0.717, 1.165) is 37.0 Å². The molecule has 0 heterocycles. The van der Waals surface area contributed by atoms with Crippen molar-refractivity contribution in [3.05, 3.63) is 29.8 Å². The van der Waals surface area contributed by atoms with Crippen molar-refractivity contribution in [3.63, 3.8) is 0 Å². The molecule has 0 radical (unpaired) electrons. The minimum atomic E-state index is 0.725. The maximum absolute atomic E-state index is 10.6. The predicted octanol–water partition coefficient (Wildman–Crippen LogP) is 3.41. The lowest BCUT2D eigenvalue weighted by Crippen LogP contribution is -2.39. The fraction of sp³-hybridized carbons (Fsp3) is 0.533. The molecule has 0 amide bonds. The van der Waals surface area contributed by atoms with Gasteiger partial charge in [-0.15, -0.1) is 0 Å². The number of anilines is 1. The van der Waals surface area contributed by atoms with Gasteiger partial charge in [-0.05, 0) is 37.1 Å². The van der Waals surface area contributed by atoms with Gasteiger partial charge in [0.05, 0.1) is 5.69 Å². The number of nitrogens with one attached hydrogen (secondary N) is 1. The highest BCUT2D eigenvalue weighted by Crippen LogP contribution is 2.13. The zero-order valence-corrected chi connectivity index (χ0v) is 11.5. The van der Waals surface area contributed by atoms with Crippen molar-refractivity contribution in [1.82, 2.24) is 5.43 Å². The second kappa shape index (κ2) is 8.70. The molecule has 0 spiro atoms. The molecule has 0 aliphatic carbocycles. The van der Waals surface area contributed by atoms with Crippen LogP contribution in [-0.2, 0) is 0 Å². The van der Waals surface area contributed by atoms with E-state index in [1.54, 1.807) is 0 Å². The largest absolute Gasteiger partial charge is 0.308 e. The summed E-state index contributed by atoms with van der Waals surface area (Å²) in [6, 6.07) is 7.72. The second-order valence-corrected chi connectivity index (χ2v) is 4.48. The van der Waals surface area contributed by atoms with Crippen LogP contribution in [0.1, 0.15) is 49.9 Å². The van der Waals surface area contributed by atoms with Gasteiger partial charge in [0, 0.05) is 18.7 Å². The number of hydrazine groups is 1. The molecule has 0 aromatic heterocycles. The molecule has 0 atom stereocenters. The lowest BCUT2D eigenvalue weighted by Gasteiger charge is -2.25. The highest BCUT2D eigenvalue weighted by Gasteiger charge is 2.04. The van der Waals surface area contributed by atoms with E-state index in [2.05, 4.69) is 24.3 Å². The highest BCUT2D eigenvalue weighted by atomic mass is 16.1. The summed E-state index contributed by atoms with van der Waals surface area (Å²) in [6.07, 6.45) is 5.59. The number of nitrogens with zero attached hydrogens (tertiary/aromatic N) is 1. The Morgan fingerprint density at radius 3 is 2.33 bits per heavy atom. The molecule has 1 rings (SSSR count). The number of hydrogen-bond acceptors (Lipinski definition) is 3. The first-order chi connectivity index (χ1) is 8.81. The molecule has 0 aliphatic heterocycles. The summed E-state index contributed by atoms with van der Waals surface area (Å²) >= 11 is 0. The topological polar surface area (TPSA) is 32.3 Å². The molecule has 3 heteroatoms. The van der Waals surface area contributed by atoms with E-state index in [1.807, 2.05) is 24.3 Å². The summed E-state index contributed by atoms with van der Waals surface area (Å²) in [4.78, 5) is 10.6. The molecule has 0 saturated heterocycles. The fourth-order valence-corrected chi connectivity index (χ4v) is 1.74. The fourth-order valence-electron chi connectivity index (χ4n) is 1.74. The molecule has 1 aromatic carbocycles. The lowest BCUT2D eigenvalue weighted by atomic mass is 10.2. The monoisotopic (exact) mass is 248 g/mol. The van der Waals surface area contributed by atoms with Crippen molar-refractivity contribution in [2.75, 3.05) is 18.1 Å². The van der Waals surface area contributed by atoms with Gasteiger partial charge in [0.25, 0.3) is 0 Å². The minimum absolute atomic E-state index is 0.725. The molecule has 0 bridgehead atoms. The molecule has 18 heavy (non-hydrogen) atoms. The highest BCUT2D eigenvalue weighted by molar-refractivity contribution is 5.75. The summed E-state index contributed by atoms with van der Waals surface area (Å²) in [7, 11) is 0. The quantitative estimate of drug-likeness (QED) is 0.413. The van der Waals surface area contributed by atoms with Gasteiger partial charge in [0.15, 0.2) is 0 Å². The van der Waals surface area contributed by atoms with Gasteiger partial charge in [-0.3, -0.25) is 4.79 Å². The zero-order chi connectivity index (χ0) is 13.2. The number of carbonyl (C=O) groups is 1. The molecule has 0 saturated carbocycles. The number of benzene rings is 1. The zero-order valence-electron chi connectivity index (χ0n) is 11.5. The van der Waals surface area contributed by atoms with Gasteiger partial charge >= 0.3 is 0 Å². The van der Waals surface area contributed by atoms with Crippen molar-refractivity contribution in [2.24, 2.45) is 0 Å². The molecular formula is C15H24N2O. The summed E-state index contributed by atoms with van der Waals surface area (Å²) in [5, 5.41) is 2.19. The molecular weight excluding hydrogens is 224 g/mol. The summed E-state index contributed by atoms with van der Waals surface area (Å²) in [6.45, 7) is 6.38. The Hall–Kier alpha value is -1.35. The first-order valence-corrected chi connectivity index (χ1v) is 6.88. The van der Waals surface area contributed by atoms with Crippen LogP contribution in [0.15, 0.2) is 24.3 Å². The van der Waals surface area contributed by atoms with Crippen molar-refractivity contribution in [1.29, 1.82) is 0 Å². The predicted molar refractivity (Wildman–Crippen MR) is 77.0 cm³/mol. The Morgan fingerprint density at radius 2 is 1.78 bits per heavy atom. The maximum Gasteiger partial charge on any atom is 0.150 e. The molecule has 0 aliphatic rings. The van der Waals surface area contributed by atoms with Crippen LogP contribution >= 0.6 is 0 Å². The van der Waals surface area contributed by atoms with Gasteiger partial charge in [0.2, 0.25) is 0 Å². The van der Waals surface area contributed by atoms with Crippen molar-refractivity contribution in [2.45, 2.75) is 39.5 Å². The third-order valence-corrected chi connectivity index (χ3v) is 2.91. The smallest absolute Gasteiger partial charge is 0.150 e. The Kier molecular flexibility index (Phi) is 7.11. The first kappa shape index (κ1) is 14.7. The third-order valence-electron chi connectivity index (χ3n) is 2.91. The number of carbonyl (C=O) groups excluding carboxylic acids is 1. The Bertz CT molecular complexity index is 335. The van der Waals surface area contributed by atoms with Crippen LogP contribution in [0.4, 0.5) is 5.69 Å². The first-order valence-electron chi connectivity index (χ1n) is 6.88. The van der Waals surface area contributed by atoms with E-state index in [4.69, 9.17) is 0 Å². The van der Waals surface area contributed by atoms with Crippen molar-refractivity contribution < 1.29 is 4.79 Å². The summed E-state index contributed by atoms with van der Waals surface area (Å²) in [5.74, 6) is 0. The number of aldehydes is 1. The summed E-state index contributed by atoms with van der Waals surface area (Å²) < 4.78 is 0. The van der Waals surface area contributed by atoms with Gasteiger partial charge < -0.3 is 5.01 Å². The van der Waals surface area contributed by atoms with Crippen LogP contribution in [0.5, 0.6) is 0 Å². The third kappa shape index (κ3) is 4.88. The van der Waals surface area contributed by atoms with Gasteiger partial charge in [-0.1, -0.05) is 26.7 Å². The normalized spacial score (nSPS) is 10.3. The van der Waals surface area contributed by atoms with E-state index in [9.17, 15) is 4.79 Å². The van der Waals surface area contributed by atoms with Crippen molar-refractivity contribution in [3.8, 4) is 0 Å².